The fraction of sp³-hybridized carbons (Fsp3) is 0.188. The molecule has 0 aromatic heterocycles. The van der Waals surface area contributed by atoms with E-state index in [9.17, 15) is 20.1 Å². The van der Waals surface area contributed by atoms with Crippen LogP contribution in [0.1, 0.15) is 18.1 Å². The lowest BCUT2D eigenvalue weighted by Crippen LogP contribution is -2.20. The van der Waals surface area contributed by atoms with Gasteiger partial charge in [0.15, 0.2) is 17.2 Å². The van der Waals surface area contributed by atoms with Gasteiger partial charge in [0.05, 0.1) is 5.69 Å². The molecule has 6 nitrogen and oxygen atoms in total. The second kappa shape index (κ2) is 6.26. The Bertz CT molecular complexity index is 690. The predicted molar refractivity (Wildman–Crippen MR) is 84.6 cm³/mol. The number of hydrogen-bond acceptors (Lipinski definition) is 4. The van der Waals surface area contributed by atoms with Gasteiger partial charge in [-0.25, -0.2) is 4.79 Å². The number of carbonyl (C=O) groups excluding carboxylic acids is 1. The van der Waals surface area contributed by atoms with Crippen LogP contribution in [0.5, 0.6) is 17.2 Å². The number of anilines is 2. The molecule has 0 bridgehead atoms. The average Bonchev–Trinajstić information content (AvgIpc) is 2.46. The van der Waals surface area contributed by atoms with Crippen LogP contribution in [0.3, 0.4) is 0 Å². The van der Waals surface area contributed by atoms with E-state index >= 15 is 0 Å². The lowest BCUT2D eigenvalue weighted by Gasteiger charge is -2.14. The molecule has 0 saturated heterocycles. The molecule has 0 radical (unpaired) electrons. The van der Waals surface area contributed by atoms with E-state index in [4.69, 9.17) is 0 Å². The smallest absolute Gasteiger partial charge is 0.323 e. The van der Waals surface area contributed by atoms with Crippen molar-refractivity contribution >= 4 is 17.4 Å². The summed E-state index contributed by atoms with van der Waals surface area (Å²) in [4.78, 5) is 12.1. The molecule has 0 aliphatic heterocycles. The van der Waals surface area contributed by atoms with Crippen LogP contribution < -0.4 is 10.6 Å². The number of para-hydroxylation sites is 1. The van der Waals surface area contributed by atoms with Crippen LogP contribution in [-0.4, -0.2) is 21.4 Å². The maximum atomic E-state index is 12.1. The van der Waals surface area contributed by atoms with Crippen LogP contribution in [0.2, 0.25) is 0 Å². The van der Waals surface area contributed by atoms with Crippen molar-refractivity contribution in [1.82, 2.24) is 0 Å². The first-order valence-corrected chi connectivity index (χ1v) is 6.83. The van der Waals surface area contributed by atoms with Gasteiger partial charge in [0, 0.05) is 17.8 Å². The SMILES string of the molecule is CCc1cccc(C)c1NC(=O)Nc1cc(O)c(O)c(O)c1. The fourth-order valence-electron chi connectivity index (χ4n) is 2.15. The minimum atomic E-state index is -0.627. The van der Waals surface area contributed by atoms with Crippen molar-refractivity contribution in [1.29, 1.82) is 0 Å². The fourth-order valence-corrected chi connectivity index (χ4v) is 2.15. The summed E-state index contributed by atoms with van der Waals surface area (Å²) in [6.45, 7) is 3.89. The molecule has 0 spiro atoms. The third kappa shape index (κ3) is 3.22. The summed E-state index contributed by atoms with van der Waals surface area (Å²) in [5, 5.41) is 33.4. The largest absolute Gasteiger partial charge is 0.504 e. The molecule has 0 fully saturated rings. The topological polar surface area (TPSA) is 102 Å². The lowest BCUT2D eigenvalue weighted by atomic mass is 10.1. The minimum absolute atomic E-state index is 0.164. The van der Waals surface area contributed by atoms with E-state index < -0.39 is 23.3 Å². The zero-order valence-corrected chi connectivity index (χ0v) is 12.3. The molecule has 0 heterocycles. The van der Waals surface area contributed by atoms with E-state index in [1.54, 1.807) is 0 Å². The molecule has 2 amide bonds. The van der Waals surface area contributed by atoms with Gasteiger partial charge in [-0.05, 0) is 24.5 Å². The molecule has 6 heteroatoms. The van der Waals surface area contributed by atoms with E-state index in [1.807, 2.05) is 32.0 Å². The summed E-state index contributed by atoms with van der Waals surface area (Å²) in [7, 11) is 0. The number of phenols is 3. The molecule has 2 rings (SSSR count). The highest BCUT2D eigenvalue weighted by molar-refractivity contribution is 6.01. The maximum absolute atomic E-state index is 12.1. The Morgan fingerprint density at radius 3 is 2.32 bits per heavy atom. The highest BCUT2D eigenvalue weighted by Gasteiger charge is 2.12. The highest BCUT2D eigenvalue weighted by Crippen LogP contribution is 2.37. The van der Waals surface area contributed by atoms with Gasteiger partial charge >= 0.3 is 6.03 Å². The number of aryl methyl sites for hydroxylation is 2. The number of phenolic OH excluding ortho intramolecular Hbond substituents is 3. The summed E-state index contributed by atoms with van der Waals surface area (Å²) < 4.78 is 0. The van der Waals surface area contributed by atoms with Crippen molar-refractivity contribution in [3.63, 3.8) is 0 Å². The minimum Gasteiger partial charge on any atom is -0.504 e. The number of carbonyl (C=O) groups is 1. The lowest BCUT2D eigenvalue weighted by molar-refractivity contribution is 0.262. The number of aromatic hydroxyl groups is 3. The summed E-state index contributed by atoms with van der Waals surface area (Å²) in [5.41, 5.74) is 2.84. The Kier molecular flexibility index (Phi) is 4.41. The zero-order chi connectivity index (χ0) is 16.3. The van der Waals surface area contributed by atoms with Gasteiger partial charge in [-0.15, -0.1) is 0 Å². The van der Waals surface area contributed by atoms with E-state index in [0.29, 0.717) is 0 Å². The second-order valence-electron chi connectivity index (χ2n) is 4.90. The summed E-state index contributed by atoms with van der Waals surface area (Å²) in [6, 6.07) is 7.54. The van der Waals surface area contributed by atoms with E-state index in [0.717, 1.165) is 35.4 Å². The van der Waals surface area contributed by atoms with E-state index in [1.165, 1.54) is 0 Å². The van der Waals surface area contributed by atoms with Gasteiger partial charge in [0.25, 0.3) is 0 Å². The van der Waals surface area contributed by atoms with Crippen molar-refractivity contribution < 1.29 is 20.1 Å². The maximum Gasteiger partial charge on any atom is 0.323 e. The predicted octanol–water partition coefficient (Wildman–Crippen LogP) is 3.32. The van der Waals surface area contributed by atoms with Gasteiger partial charge < -0.3 is 26.0 Å². The van der Waals surface area contributed by atoms with E-state index in [2.05, 4.69) is 10.6 Å². The molecule has 0 atom stereocenters. The third-order valence-corrected chi connectivity index (χ3v) is 3.31. The number of amides is 2. The molecule has 2 aromatic carbocycles. The Hall–Kier alpha value is -2.89. The van der Waals surface area contributed by atoms with Crippen molar-refractivity contribution in [2.24, 2.45) is 0 Å². The molecule has 2 aromatic rings. The Labute approximate surface area is 128 Å². The van der Waals surface area contributed by atoms with Gasteiger partial charge in [-0.2, -0.15) is 0 Å². The third-order valence-electron chi connectivity index (χ3n) is 3.31. The normalized spacial score (nSPS) is 10.3. The summed E-state index contributed by atoms with van der Waals surface area (Å²) in [6.07, 6.45) is 0.776. The van der Waals surface area contributed by atoms with Crippen molar-refractivity contribution in [3.05, 3.63) is 41.5 Å². The van der Waals surface area contributed by atoms with Crippen molar-refractivity contribution in [3.8, 4) is 17.2 Å². The molecule has 0 aliphatic carbocycles. The first-order chi connectivity index (χ1) is 10.4. The van der Waals surface area contributed by atoms with Gasteiger partial charge in [-0.3, -0.25) is 0 Å². The van der Waals surface area contributed by atoms with Crippen molar-refractivity contribution in [2.45, 2.75) is 20.3 Å². The first kappa shape index (κ1) is 15.5. The van der Waals surface area contributed by atoms with E-state index in [-0.39, 0.29) is 5.69 Å². The average molecular weight is 302 g/mol. The molecule has 0 unspecified atom stereocenters. The monoisotopic (exact) mass is 302 g/mol. The first-order valence-electron chi connectivity index (χ1n) is 6.83. The Morgan fingerprint density at radius 2 is 1.73 bits per heavy atom. The van der Waals surface area contributed by atoms with Crippen LogP contribution in [0.15, 0.2) is 30.3 Å². The number of hydrogen-bond donors (Lipinski definition) is 5. The molecular formula is C16H18N2O4. The Balaban J connectivity index is 2.18. The molecular weight excluding hydrogens is 284 g/mol. The molecule has 5 N–H and O–H groups in total. The van der Waals surface area contributed by atoms with Crippen LogP contribution in [0, 0.1) is 6.92 Å². The van der Waals surface area contributed by atoms with Gasteiger partial charge in [-0.1, -0.05) is 25.1 Å². The van der Waals surface area contributed by atoms with Crippen LogP contribution in [0.25, 0.3) is 0 Å². The number of rotatable bonds is 3. The number of benzene rings is 2. The summed E-state index contributed by atoms with van der Waals surface area (Å²) >= 11 is 0. The quantitative estimate of drug-likeness (QED) is 0.443. The summed E-state index contributed by atoms with van der Waals surface area (Å²) in [5.74, 6) is -1.65. The zero-order valence-electron chi connectivity index (χ0n) is 12.3. The van der Waals surface area contributed by atoms with Crippen LogP contribution in [-0.2, 0) is 6.42 Å². The molecule has 116 valence electrons. The van der Waals surface area contributed by atoms with Gasteiger partial charge in [0.2, 0.25) is 0 Å². The number of nitrogens with one attached hydrogen (secondary N) is 2. The molecule has 0 aliphatic rings. The Morgan fingerprint density at radius 1 is 1.09 bits per heavy atom. The number of urea groups is 1. The molecule has 0 saturated carbocycles. The van der Waals surface area contributed by atoms with Crippen LogP contribution >= 0.6 is 0 Å². The van der Waals surface area contributed by atoms with Crippen LogP contribution in [0.4, 0.5) is 16.2 Å². The standard InChI is InChI=1S/C16H18N2O4/c1-3-10-6-4-5-9(2)14(10)18-16(22)17-11-7-12(19)15(21)13(20)8-11/h4-8,19-21H,3H2,1-2H3,(H2,17,18,22). The highest BCUT2D eigenvalue weighted by atomic mass is 16.3. The molecule has 22 heavy (non-hydrogen) atoms. The second-order valence-corrected chi connectivity index (χ2v) is 4.90. The van der Waals surface area contributed by atoms with Crippen molar-refractivity contribution in [2.75, 3.05) is 10.6 Å². The van der Waals surface area contributed by atoms with Gasteiger partial charge in [0.1, 0.15) is 0 Å².